The van der Waals surface area contributed by atoms with Gasteiger partial charge in [0.2, 0.25) is 0 Å². The van der Waals surface area contributed by atoms with E-state index >= 15 is 0 Å². The predicted octanol–water partition coefficient (Wildman–Crippen LogP) is 1.64. The number of carbonyl (C=O) groups excluding carboxylic acids is 1. The second-order valence-electron chi connectivity index (χ2n) is 5.52. The maximum absolute atomic E-state index is 11.8. The summed E-state index contributed by atoms with van der Waals surface area (Å²) in [5.74, 6) is 0.302. The van der Waals surface area contributed by atoms with Gasteiger partial charge < -0.3 is 19.2 Å². The lowest BCUT2D eigenvalue weighted by Gasteiger charge is -2.12. The van der Waals surface area contributed by atoms with Gasteiger partial charge in [-0.3, -0.25) is 4.79 Å². The van der Waals surface area contributed by atoms with Gasteiger partial charge >= 0.3 is 5.63 Å². The van der Waals surface area contributed by atoms with Crippen LogP contribution in [0.25, 0.3) is 11.0 Å². The van der Waals surface area contributed by atoms with Gasteiger partial charge in [-0.2, -0.15) is 0 Å². The first kappa shape index (κ1) is 15.6. The van der Waals surface area contributed by atoms with Gasteiger partial charge in [0.1, 0.15) is 11.3 Å². The zero-order valence-electron chi connectivity index (χ0n) is 13.0. The molecule has 1 unspecified atom stereocenters. The van der Waals surface area contributed by atoms with E-state index in [-0.39, 0.29) is 24.2 Å². The molecule has 0 spiro atoms. The highest BCUT2D eigenvalue weighted by Gasteiger charge is 2.17. The molecule has 122 valence electrons. The van der Waals surface area contributed by atoms with Gasteiger partial charge in [-0.25, -0.2) is 4.79 Å². The number of hydrogen-bond acceptors (Lipinski definition) is 5. The average molecular weight is 317 g/mol. The van der Waals surface area contributed by atoms with Gasteiger partial charge in [-0.05, 0) is 30.5 Å². The summed E-state index contributed by atoms with van der Waals surface area (Å²) < 4.78 is 15.9. The van der Waals surface area contributed by atoms with Gasteiger partial charge in [-0.15, -0.1) is 0 Å². The first-order valence-electron chi connectivity index (χ1n) is 7.72. The van der Waals surface area contributed by atoms with Crippen LogP contribution in [0.4, 0.5) is 0 Å². The smallest absolute Gasteiger partial charge is 0.336 e. The average Bonchev–Trinajstić information content (AvgIpc) is 3.04. The molecule has 1 atom stereocenters. The molecule has 2 heterocycles. The summed E-state index contributed by atoms with van der Waals surface area (Å²) in [4.78, 5) is 23.4. The highest BCUT2D eigenvalue weighted by Crippen LogP contribution is 2.23. The van der Waals surface area contributed by atoms with Crippen LogP contribution in [-0.4, -0.2) is 31.8 Å². The molecule has 0 bridgehead atoms. The van der Waals surface area contributed by atoms with Crippen LogP contribution in [0.1, 0.15) is 18.9 Å². The fourth-order valence-electron chi connectivity index (χ4n) is 2.66. The van der Waals surface area contributed by atoms with E-state index in [0.29, 0.717) is 24.5 Å². The van der Waals surface area contributed by atoms with Crippen LogP contribution >= 0.6 is 0 Å². The van der Waals surface area contributed by atoms with Gasteiger partial charge in [-0.1, -0.05) is 6.92 Å². The van der Waals surface area contributed by atoms with Crippen LogP contribution in [0, 0.1) is 0 Å². The maximum Gasteiger partial charge on any atom is 0.336 e. The molecular weight excluding hydrogens is 298 g/mol. The van der Waals surface area contributed by atoms with E-state index < -0.39 is 0 Å². The Balaban J connectivity index is 1.68. The van der Waals surface area contributed by atoms with Crippen molar-refractivity contribution in [3.63, 3.8) is 0 Å². The Morgan fingerprint density at radius 1 is 1.39 bits per heavy atom. The van der Waals surface area contributed by atoms with Crippen molar-refractivity contribution in [1.29, 1.82) is 0 Å². The largest absolute Gasteiger partial charge is 0.484 e. The Morgan fingerprint density at radius 3 is 3.00 bits per heavy atom. The molecular formula is C17H19NO5. The SMILES string of the molecule is CCc1cc(=O)oc2cc(OCC(=O)NC3CCOC3)ccc12. The van der Waals surface area contributed by atoms with Crippen LogP contribution in [0.3, 0.4) is 0 Å². The molecule has 0 radical (unpaired) electrons. The number of amides is 1. The van der Waals surface area contributed by atoms with Crippen molar-refractivity contribution in [2.75, 3.05) is 19.8 Å². The van der Waals surface area contributed by atoms with E-state index in [4.69, 9.17) is 13.9 Å². The number of aryl methyl sites for hydroxylation is 1. The number of ether oxygens (including phenoxy) is 2. The lowest BCUT2D eigenvalue weighted by Crippen LogP contribution is -2.38. The van der Waals surface area contributed by atoms with Crippen molar-refractivity contribution in [3.05, 3.63) is 40.2 Å². The van der Waals surface area contributed by atoms with Gasteiger partial charge in [0.15, 0.2) is 6.61 Å². The second-order valence-corrected chi connectivity index (χ2v) is 5.52. The fourth-order valence-corrected chi connectivity index (χ4v) is 2.66. The number of carbonyl (C=O) groups is 1. The third kappa shape index (κ3) is 3.71. The molecule has 6 heteroatoms. The van der Waals surface area contributed by atoms with Crippen LogP contribution in [0.2, 0.25) is 0 Å². The summed E-state index contributed by atoms with van der Waals surface area (Å²) in [6.07, 6.45) is 1.57. The zero-order chi connectivity index (χ0) is 16.2. The molecule has 1 saturated heterocycles. The lowest BCUT2D eigenvalue weighted by atomic mass is 10.1. The van der Waals surface area contributed by atoms with Crippen molar-refractivity contribution in [2.45, 2.75) is 25.8 Å². The first-order valence-corrected chi connectivity index (χ1v) is 7.72. The summed E-state index contributed by atoms with van der Waals surface area (Å²) in [6.45, 7) is 3.12. The molecule has 0 aliphatic carbocycles. The molecule has 1 N–H and O–H groups in total. The Bertz CT molecular complexity index is 761. The Morgan fingerprint density at radius 2 is 2.26 bits per heavy atom. The van der Waals surface area contributed by atoms with Crippen molar-refractivity contribution in [3.8, 4) is 5.75 Å². The third-order valence-corrected chi connectivity index (χ3v) is 3.85. The highest BCUT2D eigenvalue weighted by molar-refractivity contribution is 5.82. The summed E-state index contributed by atoms with van der Waals surface area (Å²) in [6, 6.07) is 6.82. The van der Waals surface area contributed by atoms with Gasteiger partial charge in [0.25, 0.3) is 5.91 Å². The Hall–Kier alpha value is -2.34. The van der Waals surface area contributed by atoms with Crippen LogP contribution in [0.15, 0.2) is 33.5 Å². The Kier molecular flexibility index (Phi) is 4.62. The molecule has 3 rings (SSSR count). The second kappa shape index (κ2) is 6.83. The van der Waals surface area contributed by atoms with Crippen molar-refractivity contribution < 1.29 is 18.7 Å². The summed E-state index contributed by atoms with van der Waals surface area (Å²) in [5, 5.41) is 3.73. The van der Waals surface area contributed by atoms with E-state index in [1.165, 1.54) is 6.07 Å². The molecule has 6 nitrogen and oxygen atoms in total. The molecule has 2 aromatic rings. The van der Waals surface area contributed by atoms with Crippen molar-refractivity contribution in [2.24, 2.45) is 0 Å². The third-order valence-electron chi connectivity index (χ3n) is 3.85. The molecule has 0 saturated carbocycles. The van der Waals surface area contributed by atoms with E-state index in [1.54, 1.807) is 12.1 Å². The normalized spacial score (nSPS) is 17.3. The topological polar surface area (TPSA) is 77.8 Å². The minimum absolute atomic E-state index is 0.0628. The molecule has 1 aromatic heterocycles. The molecule has 1 aromatic carbocycles. The van der Waals surface area contributed by atoms with E-state index in [2.05, 4.69) is 5.32 Å². The van der Waals surface area contributed by atoms with E-state index in [1.807, 2.05) is 13.0 Å². The number of fused-ring (bicyclic) bond motifs is 1. The van der Waals surface area contributed by atoms with Gasteiger partial charge in [0, 0.05) is 24.1 Å². The van der Waals surface area contributed by atoms with Crippen molar-refractivity contribution >= 4 is 16.9 Å². The standard InChI is InChI=1S/C17H19NO5/c1-2-11-7-17(20)23-15-8-13(3-4-14(11)15)22-10-16(19)18-12-5-6-21-9-12/h3-4,7-8,12H,2,5-6,9-10H2,1H3,(H,18,19). The van der Waals surface area contributed by atoms with Gasteiger partial charge in [0.05, 0.1) is 12.6 Å². The summed E-state index contributed by atoms with van der Waals surface area (Å²) in [7, 11) is 0. The number of nitrogens with one attached hydrogen (secondary N) is 1. The van der Waals surface area contributed by atoms with Crippen LogP contribution < -0.4 is 15.7 Å². The van der Waals surface area contributed by atoms with Crippen molar-refractivity contribution in [1.82, 2.24) is 5.32 Å². The monoisotopic (exact) mass is 317 g/mol. The highest BCUT2D eigenvalue weighted by atomic mass is 16.5. The number of benzene rings is 1. The molecule has 1 fully saturated rings. The first-order chi connectivity index (χ1) is 11.2. The Labute approximate surface area is 133 Å². The molecule has 1 amide bonds. The molecule has 1 aliphatic heterocycles. The quantitative estimate of drug-likeness (QED) is 0.848. The maximum atomic E-state index is 11.8. The lowest BCUT2D eigenvalue weighted by molar-refractivity contribution is -0.123. The number of rotatable bonds is 5. The predicted molar refractivity (Wildman–Crippen MR) is 84.7 cm³/mol. The summed E-state index contributed by atoms with van der Waals surface area (Å²) >= 11 is 0. The number of hydrogen-bond donors (Lipinski definition) is 1. The van der Waals surface area contributed by atoms with E-state index in [0.717, 1.165) is 23.8 Å². The zero-order valence-corrected chi connectivity index (χ0v) is 13.0. The minimum Gasteiger partial charge on any atom is -0.484 e. The van der Waals surface area contributed by atoms with E-state index in [9.17, 15) is 9.59 Å². The minimum atomic E-state index is -0.384. The summed E-state index contributed by atoms with van der Waals surface area (Å²) in [5.41, 5.74) is 1.02. The van der Waals surface area contributed by atoms with Crippen LogP contribution in [-0.2, 0) is 16.0 Å². The molecule has 23 heavy (non-hydrogen) atoms. The fraction of sp³-hybridized carbons (Fsp3) is 0.412. The van der Waals surface area contributed by atoms with Crippen LogP contribution in [0.5, 0.6) is 5.75 Å². The molecule has 1 aliphatic rings.